The normalized spacial score (nSPS) is 10.8. The average molecular weight is 414 g/mol. The van der Waals surface area contributed by atoms with Crippen molar-refractivity contribution in [2.24, 2.45) is 0 Å². The van der Waals surface area contributed by atoms with Crippen molar-refractivity contribution in [2.45, 2.75) is 20.5 Å². The Bertz CT molecular complexity index is 1320. The third-order valence-corrected chi connectivity index (χ3v) is 5.18. The summed E-state index contributed by atoms with van der Waals surface area (Å²) >= 11 is 0. The van der Waals surface area contributed by atoms with Crippen LogP contribution in [-0.4, -0.2) is 12.9 Å². The van der Waals surface area contributed by atoms with Crippen LogP contribution in [0, 0.1) is 6.92 Å². The second-order valence-corrected chi connectivity index (χ2v) is 7.26. The molecule has 0 radical (unpaired) electrons. The van der Waals surface area contributed by atoms with Gasteiger partial charge in [-0.15, -0.1) is 0 Å². The van der Waals surface area contributed by atoms with Gasteiger partial charge in [-0.2, -0.15) is 0 Å². The molecule has 0 fully saturated rings. The van der Waals surface area contributed by atoms with E-state index in [1.807, 2.05) is 30.3 Å². The zero-order valence-corrected chi connectivity index (χ0v) is 17.6. The molecule has 3 aromatic carbocycles. The molecule has 0 aliphatic carbocycles. The molecular weight excluding hydrogens is 392 g/mol. The van der Waals surface area contributed by atoms with Crippen molar-refractivity contribution in [2.75, 3.05) is 7.11 Å². The predicted octanol–water partition coefficient (Wildman–Crippen LogP) is 5.56. The first kappa shape index (κ1) is 20.4. The molecule has 0 atom stereocenters. The van der Waals surface area contributed by atoms with E-state index in [1.54, 1.807) is 50.4 Å². The number of carbonyl (C=O) groups excluding carboxylic acids is 1. The first-order chi connectivity index (χ1) is 15.0. The predicted molar refractivity (Wildman–Crippen MR) is 120 cm³/mol. The summed E-state index contributed by atoms with van der Waals surface area (Å²) in [6.45, 7) is 3.51. The molecule has 5 heteroatoms. The lowest BCUT2D eigenvalue weighted by molar-refractivity contribution is 0.101. The molecule has 0 amide bonds. The minimum Gasteiger partial charge on any atom is -0.496 e. The summed E-state index contributed by atoms with van der Waals surface area (Å²) in [6, 6.07) is 19.9. The molecule has 0 spiro atoms. The Balaban J connectivity index is 1.66. The van der Waals surface area contributed by atoms with Crippen molar-refractivity contribution in [1.29, 1.82) is 0 Å². The highest BCUT2D eigenvalue weighted by atomic mass is 16.5. The van der Waals surface area contributed by atoms with Gasteiger partial charge in [-0.25, -0.2) is 0 Å². The summed E-state index contributed by atoms with van der Waals surface area (Å²) in [5.74, 6) is 1.72. The van der Waals surface area contributed by atoms with Gasteiger partial charge < -0.3 is 13.9 Å². The summed E-state index contributed by atoms with van der Waals surface area (Å²) < 4.78 is 17.3. The molecule has 0 N–H and O–H groups in total. The Morgan fingerprint density at radius 3 is 2.48 bits per heavy atom. The standard InChI is InChI=1S/C26H22O5/c1-16(27)19-9-12-23(29-3)20(13-19)15-30-21-10-11-22-24(14-21)31-17(2)25(26(22)28)18-7-5-4-6-8-18/h4-14H,15H2,1-3H3. The summed E-state index contributed by atoms with van der Waals surface area (Å²) in [5.41, 5.74) is 3.12. The Labute approximate surface area is 179 Å². The average Bonchev–Trinajstić information content (AvgIpc) is 2.78. The highest BCUT2D eigenvalue weighted by molar-refractivity contribution is 5.94. The van der Waals surface area contributed by atoms with Crippen LogP contribution in [0.15, 0.2) is 75.9 Å². The zero-order valence-electron chi connectivity index (χ0n) is 17.6. The van der Waals surface area contributed by atoms with E-state index in [4.69, 9.17) is 13.9 Å². The number of benzene rings is 3. The lowest BCUT2D eigenvalue weighted by Crippen LogP contribution is -2.07. The number of ketones is 1. The molecule has 1 aromatic heterocycles. The van der Waals surface area contributed by atoms with Crippen LogP contribution in [0.4, 0.5) is 0 Å². The Hall–Kier alpha value is -3.86. The highest BCUT2D eigenvalue weighted by Crippen LogP contribution is 2.27. The summed E-state index contributed by atoms with van der Waals surface area (Å²) in [7, 11) is 1.57. The molecule has 31 heavy (non-hydrogen) atoms. The quantitative estimate of drug-likeness (QED) is 0.387. The van der Waals surface area contributed by atoms with E-state index in [2.05, 4.69) is 0 Å². The third-order valence-electron chi connectivity index (χ3n) is 5.18. The molecule has 0 aliphatic rings. The number of hydrogen-bond donors (Lipinski definition) is 0. The molecule has 0 saturated carbocycles. The summed E-state index contributed by atoms with van der Waals surface area (Å²) in [4.78, 5) is 24.8. The maximum atomic E-state index is 13.1. The Kier molecular flexibility index (Phi) is 5.58. The largest absolute Gasteiger partial charge is 0.496 e. The number of fused-ring (bicyclic) bond motifs is 1. The van der Waals surface area contributed by atoms with Crippen molar-refractivity contribution in [3.63, 3.8) is 0 Å². The van der Waals surface area contributed by atoms with Crippen molar-refractivity contribution in [1.82, 2.24) is 0 Å². The van der Waals surface area contributed by atoms with E-state index < -0.39 is 0 Å². The van der Waals surface area contributed by atoms with Gasteiger partial charge in [0.2, 0.25) is 5.43 Å². The minimum atomic E-state index is -0.0765. The highest BCUT2D eigenvalue weighted by Gasteiger charge is 2.14. The van der Waals surface area contributed by atoms with Gasteiger partial charge in [-0.1, -0.05) is 30.3 Å². The van der Waals surface area contributed by atoms with Crippen molar-refractivity contribution >= 4 is 16.8 Å². The zero-order chi connectivity index (χ0) is 22.0. The monoisotopic (exact) mass is 414 g/mol. The van der Waals surface area contributed by atoms with E-state index in [-0.39, 0.29) is 17.8 Å². The number of carbonyl (C=O) groups is 1. The van der Waals surface area contributed by atoms with Crippen LogP contribution in [0.1, 0.15) is 28.6 Å². The first-order valence-corrected chi connectivity index (χ1v) is 9.91. The topological polar surface area (TPSA) is 65.7 Å². The van der Waals surface area contributed by atoms with E-state index in [0.717, 1.165) is 11.1 Å². The SMILES string of the molecule is COc1ccc(C(C)=O)cc1COc1ccc2c(=O)c(-c3ccccc3)c(C)oc2c1. The molecule has 4 rings (SSSR count). The maximum Gasteiger partial charge on any atom is 0.200 e. The van der Waals surface area contributed by atoms with Crippen molar-refractivity contribution in [3.8, 4) is 22.6 Å². The lowest BCUT2D eigenvalue weighted by Gasteiger charge is -2.12. The van der Waals surface area contributed by atoms with Gasteiger partial charge >= 0.3 is 0 Å². The molecule has 0 aliphatic heterocycles. The number of methoxy groups -OCH3 is 1. The molecule has 0 bridgehead atoms. The van der Waals surface area contributed by atoms with Crippen molar-refractivity contribution < 1.29 is 18.7 Å². The van der Waals surface area contributed by atoms with Gasteiger partial charge in [-0.3, -0.25) is 9.59 Å². The lowest BCUT2D eigenvalue weighted by atomic mass is 10.0. The smallest absolute Gasteiger partial charge is 0.200 e. The summed E-state index contributed by atoms with van der Waals surface area (Å²) in [6.07, 6.45) is 0. The number of rotatable bonds is 6. The van der Waals surface area contributed by atoms with Crippen LogP contribution in [0.3, 0.4) is 0 Å². The fraction of sp³-hybridized carbons (Fsp3) is 0.154. The Morgan fingerprint density at radius 1 is 1.00 bits per heavy atom. The van der Waals surface area contributed by atoms with Gasteiger partial charge in [0.05, 0.1) is 18.1 Å². The van der Waals surface area contributed by atoms with Crippen LogP contribution < -0.4 is 14.9 Å². The van der Waals surface area contributed by atoms with Gasteiger partial charge in [0.1, 0.15) is 29.4 Å². The number of ether oxygens (including phenoxy) is 2. The molecule has 156 valence electrons. The van der Waals surface area contributed by atoms with E-state index in [0.29, 0.717) is 39.4 Å². The van der Waals surface area contributed by atoms with Gasteiger partial charge in [0.25, 0.3) is 0 Å². The second-order valence-electron chi connectivity index (χ2n) is 7.26. The van der Waals surface area contributed by atoms with Gasteiger partial charge in [-0.05, 0) is 49.7 Å². The number of hydrogen-bond acceptors (Lipinski definition) is 5. The number of Topliss-reactive ketones (excluding diaryl/α,β-unsaturated/α-hetero) is 1. The molecule has 4 aromatic rings. The molecular formula is C26H22O5. The fourth-order valence-corrected chi connectivity index (χ4v) is 3.59. The van der Waals surface area contributed by atoms with Crippen molar-refractivity contribution in [3.05, 3.63) is 93.8 Å². The van der Waals surface area contributed by atoms with Gasteiger partial charge in [0.15, 0.2) is 5.78 Å². The number of aryl methyl sites for hydroxylation is 1. The van der Waals surface area contributed by atoms with E-state index >= 15 is 0 Å². The van der Waals surface area contributed by atoms with E-state index in [1.165, 1.54) is 6.92 Å². The van der Waals surface area contributed by atoms with Crippen LogP contribution in [0.2, 0.25) is 0 Å². The molecule has 0 saturated heterocycles. The van der Waals surface area contributed by atoms with Crippen LogP contribution >= 0.6 is 0 Å². The Morgan fingerprint density at radius 2 is 1.77 bits per heavy atom. The molecule has 5 nitrogen and oxygen atoms in total. The second kappa shape index (κ2) is 8.48. The maximum absolute atomic E-state index is 13.1. The van der Waals surface area contributed by atoms with E-state index in [9.17, 15) is 9.59 Å². The van der Waals surface area contributed by atoms with Gasteiger partial charge in [0, 0.05) is 17.2 Å². The molecule has 1 heterocycles. The van der Waals surface area contributed by atoms with Crippen LogP contribution in [0.25, 0.3) is 22.1 Å². The third kappa shape index (κ3) is 4.08. The minimum absolute atomic E-state index is 0.0268. The summed E-state index contributed by atoms with van der Waals surface area (Å²) in [5, 5.41) is 0.493. The van der Waals surface area contributed by atoms with Crippen LogP contribution in [-0.2, 0) is 6.61 Å². The fourth-order valence-electron chi connectivity index (χ4n) is 3.59. The first-order valence-electron chi connectivity index (χ1n) is 9.91. The van der Waals surface area contributed by atoms with Crippen LogP contribution in [0.5, 0.6) is 11.5 Å². The molecule has 0 unspecified atom stereocenters.